The third-order valence-corrected chi connectivity index (χ3v) is 5.41. The SMILES string of the molecule is CCC(c1cc(OCC2CCC2)c2cc[nH]c2c1)c1cnc(N)nc1N. The Morgan fingerprint density at radius 3 is 2.85 bits per heavy atom. The summed E-state index contributed by atoms with van der Waals surface area (Å²) >= 11 is 0. The van der Waals surface area contributed by atoms with Crippen molar-refractivity contribution in [2.24, 2.45) is 5.92 Å². The summed E-state index contributed by atoms with van der Waals surface area (Å²) in [5, 5.41) is 1.12. The number of aromatic amines is 1. The number of nitrogens with zero attached hydrogens (tertiary/aromatic N) is 2. The third kappa shape index (κ3) is 3.07. The highest BCUT2D eigenvalue weighted by molar-refractivity contribution is 5.87. The normalized spacial score (nSPS) is 15.7. The van der Waals surface area contributed by atoms with Gasteiger partial charge in [0.15, 0.2) is 0 Å². The standard InChI is InChI=1S/C20H25N5O/c1-2-14(16-10-24-20(22)25-19(16)21)13-8-17-15(6-7-23-17)18(9-13)26-11-12-4-3-5-12/h6-10,12,14,23H,2-5,11H2,1H3,(H4,21,22,24,25). The minimum absolute atomic E-state index is 0.0920. The molecule has 3 aromatic rings. The van der Waals surface area contributed by atoms with E-state index in [0.717, 1.165) is 40.8 Å². The molecule has 6 heteroatoms. The molecule has 1 aliphatic rings. The molecule has 26 heavy (non-hydrogen) atoms. The zero-order valence-corrected chi connectivity index (χ0v) is 15.0. The first-order valence-corrected chi connectivity index (χ1v) is 9.27. The highest BCUT2D eigenvalue weighted by Gasteiger charge is 2.21. The van der Waals surface area contributed by atoms with E-state index in [2.05, 4.69) is 40.1 Å². The zero-order valence-electron chi connectivity index (χ0n) is 15.0. The molecular weight excluding hydrogens is 326 g/mol. The van der Waals surface area contributed by atoms with Gasteiger partial charge in [-0.3, -0.25) is 0 Å². The van der Waals surface area contributed by atoms with Gasteiger partial charge in [-0.15, -0.1) is 0 Å². The fraction of sp³-hybridized carbons (Fsp3) is 0.400. The Balaban J connectivity index is 1.71. The van der Waals surface area contributed by atoms with Crippen LogP contribution in [0.4, 0.5) is 11.8 Å². The first-order valence-electron chi connectivity index (χ1n) is 9.27. The van der Waals surface area contributed by atoms with Crippen molar-refractivity contribution < 1.29 is 4.74 Å². The van der Waals surface area contributed by atoms with Gasteiger partial charge >= 0.3 is 0 Å². The van der Waals surface area contributed by atoms with Crippen LogP contribution in [0.5, 0.6) is 5.75 Å². The van der Waals surface area contributed by atoms with Gasteiger partial charge in [-0.05, 0) is 48.9 Å². The molecule has 4 rings (SSSR count). The maximum absolute atomic E-state index is 6.20. The summed E-state index contributed by atoms with van der Waals surface area (Å²) in [5.41, 5.74) is 14.9. The predicted molar refractivity (Wildman–Crippen MR) is 104 cm³/mol. The second-order valence-corrected chi connectivity index (χ2v) is 7.10. The van der Waals surface area contributed by atoms with Crippen molar-refractivity contribution in [1.29, 1.82) is 0 Å². The lowest BCUT2D eigenvalue weighted by molar-refractivity contribution is 0.182. The molecule has 5 N–H and O–H groups in total. The van der Waals surface area contributed by atoms with Crippen molar-refractivity contribution in [2.75, 3.05) is 18.1 Å². The molecule has 1 aromatic carbocycles. The fourth-order valence-electron chi connectivity index (χ4n) is 3.66. The van der Waals surface area contributed by atoms with Crippen LogP contribution in [0.2, 0.25) is 0 Å². The lowest BCUT2D eigenvalue weighted by Crippen LogP contribution is -2.19. The molecule has 1 atom stereocenters. The number of fused-ring (bicyclic) bond motifs is 1. The molecule has 1 unspecified atom stereocenters. The molecule has 1 saturated carbocycles. The minimum Gasteiger partial charge on any atom is -0.493 e. The van der Waals surface area contributed by atoms with Gasteiger partial charge in [0.05, 0.1) is 6.61 Å². The van der Waals surface area contributed by atoms with Crippen LogP contribution in [0, 0.1) is 5.92 Å². The molecule has 2 aromatic heterocycles. The topological polar surface area (TPSA) is 103 Å². The van der Waals surface area contributed by atoms with Crippen LogP contribution in [0.25, 0.3) is 10.9 Å². The van der Waals surface area contributed by atoms with Crippen LogP contribution in [0.1, 0.15) is 49.7 Å². The number of ether oxygens (including phenoxy) is 1. The van der Waals surface area contributed by atoms with Crippen molar-refractivity contribution in [3.63, 3.8) is 0 Å². The molecular formula is C20H25N5O. The van der Waals surface area contributed by atoms with E-state index < -0.39 is 0 Å². The average Bonchev–Trinajstić information content (AvgIpc) is 3.04. The van der Waals surface area contributed by atoms with Crippen LogP contribution in [0.3, 0.4) is 0 Å². The maximum atomic E-state index is 6.20. The van der Waals surface area contributed by atoms with Crippen molar-refractivity contribution in [1.82, 2.24) is 15.0 Å². The van der Waals surface area contributed by atoms with Crippen LogP contribution < -0.4 is 16.2 Å². The van der Waals surface area contributed by atoms with Crippen molar-refractivity contribution in [3.05, 3.63) is 41.7 Å². The molecule has 2 heterocycles. The minimum atomic E-state index is 0.0920. The van der Waals surface area contributed by atoms with E-state index >= 15 is 0 Å². The van der Waals surface area contributed by atoms with Crippen LogP contribution >= 0.6 is 0 Å². The van der Waals surface area contributed by atoms with Crippen LogP contribution in [-0.4, -0.2) is 21.6 Å². The number of H-pyrrole nitrogens is 1. The average molecular weight is 351 g/mol. The number of nitrogens with two attached hydrogens (primary N) is 2. The van der Waals surface area contributed by atoms with Gasteiger partial charge in [0.25, 0.3) is 0 Å². The van der Waals surface area contributed by atoms with E-state index in [0.29, 0.717) is 11.7 Å². The van der Waals surface area contributed by atoms with Crippen molar-refractivity contribution >= 4 is 22.7 Å². The summed E-state index contributed by atoms with van der Waals surface area (Å²) in [5.74, 6) is 2.35. The number of nitrogens with one attached hydrogen (secondary N) is 1. The Morgan fingerprint density at radius 2 is 2.15 bits per heavy atom. The second kappa shape index (κ2) is 6.86. The van der Waals surface area contributed by atoms with Crippen LogP contribution in [0.15, 0.2) is 30.6 Å². The first-order chi connectivity index (χ1) is 12.7. The number of aromatic nitrogens is 3. The summed E-state index contributed by atoms with van der Waals surface area (Å²) in [4.78, 5) is 11.6. The second-order valence-electron chi connectivity index (χ2n) is 7.10. The van der Waals surface area contributed by atoms with E-state index in [1.165, 1.54) is 19.3 Å². The molecule has 0 aliphatic heterocycles. The van der Waals surface area contributed by atoms with E-state index in [4.69, 9.17) is 16.2 Å². The fourth-order valence-corrected chi connectivity index (χ4v) is 3.66. The van der Waals surface area contributed by atoms with E-state index in [1.807, 2.05) is 6.20 Å². The smallest absolute Gasteiger partial charge is 0.221 e. The first kappa shape index (κ1) is 16.7. The molecule has 136 valence electrons. The summed E-state index contributed by atoms with van der Waals surface area (Å²) < 4.78 is 6.20. The van der Waals surface area contributed by atoms with Gasteiger partial charge in [-0.1, -0.05) is 13.3 Å². The number of anilines is 2. The highest BCUT2D eigenvalue weighted by Crippen LogP contribution is 2.37. The van der Waals surface area contributed by atoms with Gasteiger partial charge in [0, 0.05) is 34.8 Å². The summed E-state index contributed by atoms with van der Waals surface area (Å²) in [6.45, 7) is 2.92. The molecule has 1 aliphatic carbocycles. The number of rotatable bonds is 6. The Bertz CT molecular complexity index is 916. The predicted octanol–water partition coefficient (Wildman–Crippen LogP) is 3.84. The summed E-state index contributed by atoms with van der Waals surface area (Å²) in [6.07, 6.45) is 8.43. The summed E-state index contributed by atoms with van der Waals surface area (Å²) in [7, 11) is 0. The molecule has 6 nitrogen and oxygen atoms in total. The molecule has 0 amide bonds. The Kier molecular flexibility index (Phi) is 4.41. The van der Waals surface area contributed by atoms with Gasteiger partial charge in [-0.25, -0.2) is 4.98 Å². The maximum Gasteiger partial charge on any atom is 0.221 e. The van der Waals surface area contributed by atoms with Crippen molar-refractivity contribution in [2.45, 2.75) is 38.5 Å². The Morgan fingerprint density at radius 1 is 1.31 bits per heavy atom. The van der Waals surface area contributed by atoms with E-state index in [1.54, 1.807) is 6.20 Å². The zero-order chi connectivity index (χ0) is 18.1. The number of benzene rings is 1. The quantitative estimate of drug-likeness (QED) is 0.626. The number of hydrogen-bond donors (Lipinski definition) is 3. The molecule has 0 spiro atoms. The largest absolute Gasteiger partial charge is 0.493 e. The van der Waals surface area contributed by atoms with Gasteiger partial charge < -0.3 is 21.2 Å². The monoisotopic (exact) mass is 351 g/mol. The van der Waals surface area contributed by atoms with Gasteiger partial charge in [0.1, 0.15) is 11.6 Å². The van der Waals surface area contributed by atoms with Gasteiger partial charge in [-0.2, -0.15) is 4.98 Å². The molecule has 0 bridgehead atoms. The molecule has 1 fully saturated rings. The lowest BCUT2D eigenvalue weighted by atomic mass is 9.86. The lowest BCUT2D eigenvalue weighted by Gasteiger charge is -2.26. The number of nitrogen functional groups attached to an aromatic ring is 2. The molecule has 0 saturated heterocycles. The van der Waals surface area contributed by atoms with Gasteiger partial charge in [0.2, 0.25) is 5.95 Å². The molecule has 0 radical (unpaired) electrons. The third-order valence-electron chi connectivity index (χ3n) is 5.41. The Labute approximate surface area is 153 Å². The summed E-state index contributed by atoms with van der Waals surface area (Å²) in [6, 6.07) is 6.37. The van der Waals surface area contributed by atoms with Crippen molar-refractivity contribution in [3.8, 4) is 5.75 Å². The van der Waals surface area contributed by atoms with E-state index in [9.17, 15) is 0 Å². The highest BCUT2D eigenvalue weighted by atomic mass is 16.5. The van der Waals surface area contributed by atoms with Crippen LogP contribution in [-0.2, 0) is 0 Å². The number of hydrogen-bond acceptors (Lipinski definition) is 5. The Hall–Kier alpha value is -2.76. The van der Waals surface area contributed by atoms with E-state index in [-0.39, 0.29) is 11.9 Å².